The number of amides is 1. The van der Waals surface area contributed by atoms with Gasteiger partial charge >= 0.3 is 0 Å². The lowest BCUT2D eigenvalue weighted by Gasteiger charge is -2.16. The molecule has 1 amide bonds. The van der Waals surface area contributed by atoms with Crippen molar-refractivity contribution in [2.24, 2.45) is 0 Å². The van der Waals surface area contributed by atoms with Crippen molar-refractivity contribution in [3.63, 3.8) is 0 Å². The Labute approximate surface area is 160 Å². The molecule has 0 saturated heterocycles. The Balaban J connectivity index is 2.02. The van der Waals surface area contributed by atoms with Gasteiger partial charge in [0.2, 0.25) is 15.9 Å². The first-order valence-electron chi connectivity index (χ1n) is 8.34. The average molecular weight is 392 g/mol. The molecule has 2 aromatic rings. The number of anilines is 1. The zero-order valence-electron chi connectivity index (χ0n) is 15.9. The van der Waals surface area contributed by atoms with E-state index < -0.39 is 10.0 Å². The topological polar surface area (TPSA) is 84.9 Å². The molecular weight excluding hydrogens is 368 g/mol. The predicted octanol–water partition coefficient (Wildman–Crippen LogP) is 2.66. The first-order valence-corrected chi connectivity index (χ1v) is 9.78. The van der Waals surface area contributed by atoms with Crippen LogP contribution in [0.3, 0.4) is 0 Å². The van der Waals surface area contributed by atoms with Crippen LogP contribution >= 0.6 is 0 Å². The van der Waals surface area contributed by atoms with E-state index in [9.17, 15) is 13.2 Å². The van der Waals surface area contributed by atoms with Gasteiger partial charge in [-0.15, -0.1) is 0 Å². The molecule has 2 aromatic carbocycles. The van der Waals surface area contributed by atoms with Crippen molar-refractivity contribution in [2.45, 2.75) is 18.2 Å². The molecule has 1 N–H and O–H groups in total. The van der Waals surface area contributed by atoms with Crippen molar-refractivity contribution >= 4 is 21.6 Å². The van der Waals surface area contributed by atoms with Crippen molar-refractivity contribution < 1.29 is 22.7 Å². The van der Waals surface area contributed by atoms with Gasteiger partial charge < -0.3 is 14.8 Å². The third-order valence-electron chi connectivity index (χ3n) is 3.82. The number of rotatable bonds is 8. The third kappa shape index (κ3) is 5.45. The zero-order chi connectivity index (χ0) is 20.0. The highest BCUT2D eigenvalue weighted by Gasteiger charge is 2.23. The highest BCUT2D eigenvalue weighted by atomic mass is 32.2. The number of methoxy groups -OCH3 is 1. The van der Waals surface area contributed by atoms with Crippen molar-refractivity contribution in [1.29, 1.82) is 0 Å². The monoisotopic (exact) mass is 392 g/mol. The van der Waals surface area contributed by atoms with Crippen molar-refractivity contribution in [3.05, 3.63) is 48.0 Å². The minimum Gasteiger partial charge on any atom is -0.495 e. The Morgan fingerprint density at radius 3 is 2.37 bits per heavy atom. The summed E-state index contributed by atoms with van der Waals surface area (Å²) in [6.07, 6.45) is 0.135. The number of carbonyl (C=O) groups excluding carboxylic acids is 1. The van der Waals surface area contributed by atoms with E-state index >= 15 is 0 Å². The van der Waals surface area contributed by atoms with Crippen LogP contribution in [0.5, 0.6) is 11.5 Å². The van der Waals surface area contributed by atoms with E-state index in [1.54, 1.807) is 6.07 Å². The van der Waals surface area contributed by atoms with Gasteiger partial charge in [-0.2, -0.15) is 0 Å². The highest BCUT2D eigenvalue weighted by molar-refractivity contribution is 7.89. The standard InChI is InChI=1S/C19H24N2O5S/c1-14-5-8-16(9-6-14)26-12-11-19(22)20-15-7-10-17(25-4)18(13-15)27(23,24)21(2)3/h5-10,13H,11-12H2,1-4H3,(H,20,22). The summed E-state index contributed by atoms with van der Waals surface area (Å²) in [4.78, 5) is 12.1. The molecule has 27 heavy (non-hydrogen) atoms. The SMILES string of the molecule is COc1ccc(NC(=O)CCOc2ccc(C)cc2)cc1S(=O)(=O)N(C)C. The van der Waals surface area contributed by atoms with Crippen molar-refractivity contribution in [3.8, 4) is 11.5 Å². The normalized spacial score (nSPS) is 11.3. The van der Waals surface area contributed by atoms with Gasteiger partial charge in [0.1, 0.15) is 16.4 Å². The van der Waals surface area contributed by atoms with E-state index in [2.05, 4.69) is 5.32 Å². The Morgan fingerprint density at radius 1 is 1.11 bits per heavy atom. The quantitative estimate of drug-likeness (QED) is 0.747. The van der Waals surface area contributed by atoms with Gasteiger partial charge in [-0.1, -0.05) is 17.7 Å². The Kier molecular flexibility index (Phi) is 6.81. The molecule has 0 radical (unpaired) electrons. The second-order valence-electron chi connectivity index (χ2n) is 6.11. The third-order valence-corrected chi connectivity index (χ3v) is 5.66. The number of hydrogen-bond acceptors (Lipinski definition) is 5. The number of benzene rings is 2. The van der Waals surface area contributed by atoms with Gasteiger partial charge in [0.25, 0.3) is 0 Å². The van der Waals surface area contributed by atoms with Gasteiger partial charge in [-0.25, -0.2) is 12.7 Å². The molecule has 146 valence electrons. The van der Waals surface area contributed by atoms with E-state index in [1.807, 2.05) is 31.2 Å². The fourth-order valence-electron chi connectivity index (χ4n) is 2.27. The molecule has 0 atom stereocenters. The Morgan fingerprint density at radius 2 is 1.78 bits per heavy atom. The van der Waals surface area contributed by atoms with Gasteiger partial charge in [-0.3, -0.25) is 4.79 Å². The van der Waals surface area contributed by atoms with Gasteiger partial charge in [0, 0.05) is 19.8 Å². The number of nitrogens with one attached hydrogen (secondary N) is 1. The summed E-state index contributed by atoms with van der Waals surface area (Å²) in [6, 6.07) is 12.0. The first kappa shape index (κ1) is 20.7. The molecule has 0 aliphatic rings. The smallest absolute Gasteiger partial charge is 0.246 e. The van der Waals surface area contributed by atoms with Crippen LogP contribution in [0.15, 0.2) is 47.4 Å². The number of ether oxygens (including phenoxy) is 2. The summed E-state index contributed by atoms with van der Waals surface area (Å²) < 4.78 is 36.6. The van der Waals surface area contributed by atoms with Crippen molar-refractivity contribution in [2.75, 3.05) is 33.1 Å². The molecule has 0 spiro atoms. The number of aryl methyl sites for hydroxylation is 1. The minimum absolute atomic E-state index is 0.0105. The number of nitrogens with zero attached hydrogens (tertiary/aromatic N) is 1. The van der Waals surface area contributed by atoms with Gasteiger partial charge in [0.15, 0.2) is 0 Å². The molecule has 0 bridgehead atoms. The molecule has 0 heterocycles. The number of sulfonamides is 1. The molecule has 2 rings (SSSR count). The molecule has 0 unspecified atom stereocenters. The molecule has 8 heteroatoms. The summed E-state index contributed by atoms with van der Waals surface area (Å²) in [5.41, 5.74) is 1.50. The summed E-state index contributed by atoms with van der Waals surface area (Å²) >= 11 is 0. The second kappa shape index (κ2) is 8.88. The molecule has 0 aliphatic carbocycles. The van der Waals surface area contributed by atoms with Gasteiger partial charge in [-0.05, 0) is 37.3 Å². The molecule has 0 aromatic heterocycles. The Bertz CT molecular complexity index is 893. The zero-order valence-corrected chi connectivity index (χ0v) is 16.7. The summed E-state index contributed by atoms with van der Waals surface area (Å²) in [5.74, 6) is 0.627. The van der Waals surface area contributed by atoms with E-state index in [1.165, 1.54) is 33.3 Å². The Hall–Kier alpha value is -2.58. The maximum absolute atomic E-state index is 12.4. The maximum atomic E-state index is 12.4. The second-order valence-corrected chi connectivity index (χ2v) is 8.23. The highest BCUT2D eigenvalue weighted by Crippen LogP contribution is 2.28. The van der Waals surface area contributed by atoms with Crippen LogP contribution in [0.2, 0.25) is 0 Å². The van der Waals surface area contributed by atoms with Crippen molar-refractivity contribution in [1.82, 2.24) is 4.31 Å². The number of carbonyl (C=O) groups is 1. The first-order chi connectivity index (χ1) is 12.7. The van der Waals surface area contributed by atoms with Gasteiger partial charge in [0.05, 0.1) is 20.1 Å². The summed E-state index contributed by atoms with van der Waals surface area (Å²) in [7, 11) is 0.557. The van der Waals surface area contributed by atoms with E-state index in [4.69, 9.17) is 9.47 Å². The largest absolute Gasteiger partial charge is 0.495 e. The van der Waals surface area contributed by atoms with Crippen LogP contribution in [0.4, 0.5) is 5.69 Å². The van der Waals surface area contributed by atoms with Crippen LogP contribution in [0.1, 0.15) is 12.0 Å². The fourth-order valence-corrected chi connectivity index (χ4v) is 3.35. The van der Waals surface area contributed by atoms with Crippen LogP contribution in [-0.4, -0.2) is 46.4 Å². The summed E-state index contributed by atoms with van der Waals surface area (Å²) in [6.45, 7) is 2.20. The molecule has 7 nitrogen and oxygen atoms in total. The van der Waals surface area contributed by atoms with Crippen LogP contribution in [0, 0.1) is 6.92 Å². The average Bonchev–Trinajstić information content (AvgIpc) is 2.63. The maximum Gasteiger partial charge on any atom is 0.246 e. The summed E-state index contributed by atoms with van der Waals surface area (Å²) in [5, 5.41) is 2.68. The lowest BCUT2D eigenvalue weighted by atomic mass is 10.2. The fraction of sp³-hybridized carbons (Fsp3) is 0.316. The molecular formula is C19H24N2O5S. The lowest BCUT2D eigenvalue weighted by molar-refractivity contribution is -0.116. The lowest BCUT2D eigenvalue weighted by Crippen LogP contribution is -2.23. The van der Waals surface area contributed by atoms with Crippen LogP contribution < -0.4 is 14.8 Å². The minimum atomic E-state index is -3.70. The molecule has 0 aliphatic heterocycles. The molecule has 0 fully saturated rings. The van der Waals surface area contributed by atoms with E-state index in [0.717, 1.165) is 9.87 Å². The predicted molar refractivity (Wildman–Crippen MR) is 104 cm³/mol. The van der Waals surface area contributed by atoms with E-state index in [-0.39, 0.29) is 29.6 Å². The van der Waals surface area contributed by atoms with E-state index in [0.29, 0.717) is 11.4 Å². The number of hydrogen-bond donors (Lipinski definition) is 1. The van der Waals surface area contributed by atoms with Crippen LogP contribution in [-0.2, 0) is 14.8 Å². The van der Waals surface area contributed by atoms with Crippen LogP contribution in [0.25, 0.3) is 0 Å². The molecule has 0 saturated carbocycles.